The average Bonchev–Trinajstić information content (AvgIpc) is 0.799. The summed E-state index contributed by atoms with van der Waals surface area (Å²) in [5, 5.41) is 48.8. The average molecular weight is 1980 g/mol. The van der Waals surface area contributed by atoms with Crippen LogP contribution in [0.5, 0.6) is 0 Å². The minimum absolute atomic E-state index is 0.00163. The number of aromatic nitrogens is 21. The first-order valence-corrected chi connectivity index (χ1v) is 45.3. The Morgan fingerprint density at radius 3 is 1.09 bits per heavy atom. The number of carbonyl (C=O) groups excluding carboxylic acids is 4. The number of nitrogens with one attached hydrogen (secondary N) is 4. The zero-order valence-corrected chi connectivity index (χ0v) is 78.6. The minimum atomic E-state index is -3.21. The monoisotopic (exact) mass is 1980 g/mol. The second-order valence-corrected chi connectivity index (χ2v) is 33.6. The summed E-state index contributed by atoms with van der Waals surface area (Å²) in [6.07, 6.45) is 19.7. The first kappa shape index (κ1) is 103. The molecule has 0 radical (unpaired) electrons. The molecule has 138 heavy (non-hydrogen) atoms. The molecule has 3 amide bonds. The Balaban J connectivity index is 0.000000157. The Bertz CT molecular complexity index is 6390. The van der Waals surface area contributed by atoms with Gasteiger partial charge in [-0.05, 0) is 79.7 Å². The van der Waals surface area contributed by atoms with E-state index in [1.54, 1.807) is 133 Å². The number of methoxy groups -OCH3 is 1. The zero-order chi connectivity index (χ0) is 99.3. The third-order valence-electron chi connectivity index (χ3n) is 21.3. The van der Waals surface area contributed by atoms with Gasteiger partial charge in [0.15, 0.2) is 79.9 Å². The van der Waals surface area contributed by atoms with Crippen molar-refractivity contribution >= 4 is 175 Å². The number of halogens is 1. The lowest BCUT2D eigenvalue weighted by Gasteiger charge is -2.35. The van der Waals surface area contributed by atoms with Crippen LogP contribution in [0.4, 0.5) is 75.6 Å². The molecule has 5 aliphatic rings. The Morgan fingerprint density at radius 2 is 0.746 bits per heavy atom. The number of amides is 3. The van der Waals surface area contributed by atoms with Crippen LogP contribution in [-0.2, 0) is 28.9 Å². The maximum Gasteiger partial charge on any atom is 0.376 e. The number of fused-ring (bicyclic) bond motifs is 2. The third kappa shape index (κ3) is 28.5. The van der Waals surface area contributed by atoms with Crippen molar-refractivity contribution in [2.24, 2.45) is 14.1 Å². The number of piperazine rings is 5. The predicted molar refractivity (Wildman–Crippen MR) is 521 cm³/mol. The number of hydrogen-bond acceptors (Lipinski definition) is 46. The fraction of sp³-hybridized carbons (Fsp3) is 0.350. The van der Waals surface area contributed by atoms with Crippen LogP contribution in [0.15, 0.2) is 150 Å². The molecule has 5 fully saturated rings. The highest BCUT2D eigenvalue weighted by Gasteiger charge is 2.31. The molecule has 724 valence electrons. The van der Waals surface area contributed by atoms with E-state index in [9.17, 15) is 57.1 Å². The molecule has 12 aromatic rings. The Kier molecular flexibility index (Phi) is 37.1. The maximum atomic E-state index is 12.5. The Hall–Kier alpha value is -15.1. The van der Waals surface area contributed by atoms with Crippen molar-refractivity contribution in [3.63, 3.8) is 0 Å². The molecule has 0 bridgehead atoms. The van der Waals surface area contributed by atoms with Crippen molar-refractivity contribution in [1.82, 2.24) is 128 Å². The highest BCUT2D eigenvalue weighted by atomic mass is 79.9. The van der Waals surface area contributed by atoms with Crippen LogP contribution in [-0.4, -0.2) is 346 Å². The van der Waals surface area contributed by atoms with Crippen molar-refractivity contribution in [1.29, 1.82) is 0 Å². The summed E-state index contributed by atoms with van der Waals surface area (Å²) in [5.74, 6) is 1.27. The van der Waals surface area contributed by atoms with Crippen LogP contribution in [0.1, 0.15) is 59.4 Å². The topological polar surface area (TPSA) is 706 Å². The number of anilines is 13. The number of nitrogens with two attached hydrogens (primary N) is 5. The fourth-order valence-corrected chi connectivity index (χ4v) is 15.0. The van der Waals surface area contributed by atoms with Gasteiger partial charge in [-0.2, -0.15) is 4.31 Å². The van der Waals surface area contributed by atoms with Crippen LogP contribution in [0.25, 0.3) is 22.3 Å². The number of ether oxygens (including phenoxy) is 1. The molecule has 18 N–H and O–H groups in total. The van der Waals surface area contributed by atoms with Crippen LogP contribution in [0.3, 0.4) is 0 Å². The third-order valence-corrected chi connectivity index (χ3v) is 23.6. The molecule has 58 heteroatoms. The molecule has 0 saturated carbocycles. The summed E-state index contributed by atoms with van der Waals surface area (Å²) in [6.45, 7) is 20.3. The second kappa shape index (κ2) is 49.4. The number of pyridine rings is 3. The number of nitrogen functional groups attached to an aromatic ring is 5. The molecule has 0 spiro atoms. The number of hydrogen-bond donors (Lipinski definition) is 13. The first-order valence-electron chi connectivity index (χ1n) is 42.9. The summed E-state index contributed by atoms with van der Waals surface area (Å²) < 4.78 is 33.1. The summed E-state index contributed by atoms with van der Waals surface area (Å²) in [4.78, 5) is 176. The largest absolute Gasteiger partial charge is 0.476 e. The number of nitrogens with zero attached hydrogens (tertiary/aromatic N) is 30. The molecule has 17 rings (SSSR count). The maximum absolute atomic E-state index is 12.5. The molecule has 5 saturated heterocycles. The number of carbonyl (C=O) groups is 5. The van der Waals surface area contributed by atoms with E-state index in [1.807, 2.05) is 29.1 Å². The van der Waals surface area contributed by atoms with Gasteiger partial charge in [0.1, 0.15) is 51.1 Å². The molecule has 0 unspecified atom stereocenters. The van der Waals surface area contributed by atoms with Gasteiger partial charge in [-0.25, -0.2) is 113 Å². The van der Waals surface area contributed by atoms with Crippen LogP contribution < -0.4 is 85.6 Å². The van der Waals surface area contributed by atoms with Gasteiger partial charge in [0.05, 0.1) is 62.7 Å². The summed E-state index contributed by atoms with van der Waals surface area (Å²) in [6, 6.07) is 15.6. The van der Waals surface area contributed by atoms with Crippen molar-refractivity contribution in [2.75, 3.05) is 213 Å². The van der Waals surface area contributed by atoms with Crippen LogP contribution in [0, 0.1) is 0 Å². The Morgan fingerprint density at radius 1 is 0.420 bits per heavy atom. The molecular weight excluding hydrogens is 1880 g/mol. The lowest BCUT2D eigenvalue weighted by atomic mass is 9.84. The molecule has 17 heterocycles. The normalized spacial score (nSPS) is 14.6. The zero-order valence-electron chi connectivity index (χ0n) is 76.2. The van der Waals surface area contributed by atoms with E-state index in [-0.39, 0.29) is 85.5 Å². The lowest BCUT2D eigenvalue weighted by molar-refractivity contribution is 0.0593. The molecular formula is C80H103B3BrN39O14S. The highest BCUT2D eigenvalue weighted by molar-refractivity contribution is 9.10. The summed E-state index contributed by atoms with van der Waals surface area (Å²) in [7, 11) is -0.0730. The van der Waals surface area contributed by atoms with Gasteiger partial charge in [-0.15, -0.1) is 0 Å². The van der Waals surface area contributed by atoms with E-state index in [0.29, 0.717) is 141 Å². The standard InChI is InChI=1S/C16H21N7O3S.C15H20BN7O2.C14H17N7O.C12H17BN6O2.C10H16BN5O3.C7H5BrN4O.C6H7N3O2/c1-2-27(25,26)23-9-7-22(8-10-23)13-11-19-15(17)14(21-13)16(24)20-12-5-3-4-6-18-12;1-16(25)23-8-6-22(7-9-23)12-10-19-14(17)13(21-12)15(24)20-11-4-2-3-5-18-11;15-13-12(14(22)19-10-3-1-2-4-17-10)20-11(9-18-13)21-7-5-16-6-8-21;1-13(21)19-5-3-18(4-6-19)9-7-14-11-10(16-9)12(20)17(2)8-15-11;1-11(19)16-4-2-15(3-5-16)7-6-13-9(12)8(14-7)10(17)18;1-12-3-10-6-5(7(12)13)11-4(8)2-9-6;1-11-6(10)4-5(7)9-3-2-8-4/h3-6,11H,2,7-10H2,1H3,(H2,17,19)(H,18,20,24);2-5,10,25H,6-9H2,1H3,(H2,17,19)(H,18,20,24);1-4,9,16H,5-8H2,(H2,15,18)(H,17,19,22);7-8,21H,3-6H2,1-2H3;6,19H,2-5H2,1H3,(H2,12,13)(H,17,18);2-3H,1H3;2-3H,1H3,(H2,7,9). The van der Waals surface area contributed by atoms with Crippen LogP contribution >= 0.6 is 15.9 Å². The number of aryl methyl sites for hydroxylation is 2. The molecule has 5 aliphatic heterocycles. The van der Waals surface area contributed by atoms with Gasteiger partial charge in [0.25, 0.3) is 28.8 Å². The molecule has 0 aliphatic carbocycles. The molecule has 0 aromatic carbocycles. The van der Waals surface area contributed by atoms with Gasteiger partial charge in [0, 0.05) is 176 Å². The quantitative estimate of drug-likeness (QED) is 0.0344. The molecule has 0 atom stereocenters. The molecule has 53 nitrogen and oxygen atoms in total. The van der Waals surface area contributed by atoms with Crippen molar-refractivity contribution in [3.05, 3.63) is 189 Å². The van der Waals surface area contributed by atoms with Gasteiger partial charge in [-0.3, -0.25) is 24.0 Å². The fourth-order valence-electron chi connectivity index (χ4n) is 13.6. The number of carboxylic acids is 1. The van der Waals surface area contributed by atoms with Gasteiger partial charge in [0.2, 0.25) is 10.0 Å². The van der Waals surface area contributed by atoms with Gasteiger partial charge in [-0.1, -0.05) is 18.2 Å². The Labute approximate surface area is 799 Å². The van der Waals surface area contributed by atoms with E-state index in [4.69, 9.17) is 33.8 Å². The predicted octanol–water partition coefficient (Wildman–Crippen LogP) is -1.49. The van der Waals surface area contributed by atoms with Crippen molar-refractivity contribution < 1.29 is 57.3 Å². The smallest absolute Gasteiger partial charge is 0.376 e. The minimum Gasteiger partial charge on any atom is -0.476 e. The number of aromatic carboxylic acids is 1. The lowest BCUT2D eigenvalue weighted by Crippen LogP contribution is -2.51. The summed E-state index contributed by atoms with van der Waals surface area (Å²) >= 11 is 3.14. The molecule has 12 aromatic heterocycles. The SMILES string of the molecule is CB(O)N1CCN(c2cnc(N)c(C(=O)Nc3ccccn3)n2)CC1.CB(O)N1CCN(c2cnc(N)c(C(=O)O)n2)CC1.CB(O)N1CCN(c2cnc3ncn(C)c(=O)c3n2)CC1.CCS(=O)(=O)N1CCN(c2cnc(N)c(C(=O)Nc3ccccn3)n2)CC1.COC(=O)c1nccnc1N.Cn1cnc2ncc(Br)nc2c1=O.Nc1ncc(N2CCNCC2)nc1C(=O)Nc1ccccn1. The van der Waals surface area contributed by atoms with E-state index < -0.39 is 60.8 Å². The van der Waals surface area contributed by atoms with Crippen LogP contribution in [0.2, 0.25) is 20.5 Å². The first-order chi connectivity index (χ1) is 66.2. The van der Waals surface area contributed by atoms with Gasteiger partial charge >= 0.3 is 33.1 Å². The second-order valence-electron chi connectivity index (χ2n) is 30.5. The van der Waals surface area contributed by atoms with E-state index in [0.717, 1.165) is 52.4 Å². The van der Waals surface area contributed by atoms with Gasteiger partial charge < -0.3 is 123 Å². The number of carboxylic acid groups (broad SMARTS) is 1. The number of esters is 1. The van der Waals surface area contributed by atoms with E-state index in [1.165, 1.54) is 64.2 Å². The highest BCUT2D eigenvalue weighted by Crippen LogP contribution is 2.24. The summed E-state index contributed by atoms with van der Waals surface area (Å²) in [5.41, 5.74) is 29.1. The number of rotatable bonds is 18. The van der Waals surface area contributed by atoms with E-state index >= 15 is 0 Å². The van der Waals surface area contributed by atoms with Crippen molar-refractivity contribution in [2.45, 2.75) is 27.4 Å². The van der Waals surface area contributed by atoms with Crippen molar-refractivity contribution in [3.8, 4) is 0 Å². The number of sulfonamides is 1. The van der Waals surface area contributed by atoms with E-state index in [2.05, 4.69) is 146 Å².